The molecule has 90 valence electrons. The Balaban J connectivity index is 2.03. The number of primary amides is 1. The van der Waals surface area contributed by atoms with Crippen LogP contribution in [-0.2, 0) is 0 Å². The van der Waals surface area contributed by atoms with E-state index >= 15 is 0 Å². The zero-order chi connectivity index (χ0) is 12.1. The van der Waals surface area contributed by atoms with Gasteiger partial charge in [0.25, 0.3) is 5.91 Å². The molecular formula is C13H16N2O2. The minimum atomic E-state index is -0.557. The van der Waals surface area contributed by atoms with E-state index in [2.05, 4.69) is 11.1 Å². The van der Waals surface area contributed by atoms with Gasteiger partial charge < -0.3 is 10.5 Å². The molecule has 0 radical (unpaired) electrons. The largest absolute Gasteiger partial charge is 0.487 e. The number of aromatic nitrogens is 1. The number of hydrogen-bond donors (Lipinski definition) is 1. The van der Waals surface area contributed by atoms with Crippen molar-refractivity contribution in [3.63, 3.8) is 0 Å². The lowest BCUT2D eigenvalue weighted by molar-refractivity contribution is 0.0991. The van der Waals surface area contributed by atoms with Crippen LogP contribution in [0.1, 0.15) is 36.2 Å². The summed E-state index contributed by atoms with van der Waals surface area (Å²) in [5.74, 6) is -0.0929. The summed E-state index contributed by atoms with van der Waals surface area (Å²) < 4.78 is 5.61. The fourth-order valence-electron chi connectivity index (χ4n) is 1.90. The van der Waals surface area contributed by atoms with Crippen LogP contribution in [0, 0.1) is 0 Å². The van der Waals surface area contributed by atoms with Crippen molar-refractivity contribution < 1.29 is 9.53 Å². The van der Waals surface area contributed by atoms with Gasteiger partial charge in [0.1, 0.15) is 6.61 Å². The third-order valence-electron chi connectivity index (χ3n) is 2.80. The van der Waals surface area contributed by atoms with Gasteiger partial charge in [-0.3, -0.25) is 4.79 Å². The average molecular weight is 232 g/mol. The van der Waals surface area contributed by atoms with Gasteiger partial charge in [-0.1, -0.05) is 6.08 Å². The van der Waals surface area contributed by atoms with E-state index in [1.54, 1.807) is 12.1 Å². The number of ether oxygens (including phenoxy) is 1. The van der Waals surface area contributed by atoms with Crippen LogP contribution in [0.2, 0.25) is 0 Å². The molecule has 0 spiro atoms. The SMILES string of the molecule is NC(=O)c1ncccc1OCC1=CCCCC1. The standard InChI is InChI=1S/C13H16N2O2/c14-13(16)12-11(7-4-8-15-12)17-9-10-5-2-1-3-6-10/h4-5,7-8H,1-3,6,9H2,(H2,14,16). The van der Waals surface area contributed by atoms with Gasteiger partial charge >= 0.3 is 0 Å². The van der Waals surface area contributed by atoms with Gasteiger partial charge in [0, 0.05) is 6.20 Å². The topological polar surface area (TPSA) is 65.2 Å². The minimum absolute atomic E-state index is 0.198. The van der Waals surface area contributed by atoms with Crippen molar-refractivity contribution in [3.8, 4) is 5.75 Å². The molecule has 0 fully saturated rings. The molecule has 4 heteroatoms. The van der Waals surface area contributed by atoms with Crippen molar-refractivity contribution in [2.45, 2.75) is 25.7 Å². The van der Waals surface area contributed by atoms with Gasteiger partial charge in [-0.25, -0.2) is 4.98 Å². The summed E-state index contributed by atoms with van der Waals surface area (Å²) in [5, 5.41) is 0. The molecular weight excluding hydrogens is 216 g/mol. The maximum absolute atomic E-state index is 11.1. The first kappa shape index (κ1) is 11.6. The molecule has 0 aliphatic heterocycles. The van der Waals surface area contributed by atoms with Gasteiger partial charge in [-0.15, -0.1) is 0 Å². The van der Waals surface area contributed by atoms with Gasteiger partial charge in [0.15, 0.2) is 11.4 Å². The van der Waals surface area contributed by atoms with E-state index in [1.165, 1.54) is 24.6 Å². The van der Waals surface area contributed by atoms with Crippen LogP contribution in [0.25, 0.3) is 0 Å². The Kier molecular flexibility index (Phi) is 3.75. The number of nitrogens with zero attached hydrogens (tertiary/aromatic N) is 1. The molecule has 1 aliphatic rings. The van der Waals surface area contributed by atoms with Crippen molar-refractivity contribution in [2.75, 3.05) is 6.61 Å². The molecule has 0 aromatic carbocycles. The van der Waals surface area contributed by atoms with E-state index in [-0.39, 0.29) is 5.69 Å². The lowest BCUT2D eigenvalue weighted by Crippen LogP contribution is -2.15. The predicted molar refractivity (Wildman–Crippen MR) is 64.8 cm³/mol. The van der Waals surface area contributed by atoms with Crippen molar-refractivity contribution in [3.05, 3.63) is 35.7 Å². The molecule has 2 rings (SSSR count). The summed E-state index contributed by atoms with van der Waals surface area (Å²) in [5.41, 5.74) is 6.71. The summed E-state index contributed by atoms with van der Waals surface area (Å²) in [6.07, 6.45) is 8.41. The van der Waals surface area contributed by atoms with Crippen molar-refractivity contribution in [1.29, 1.82) is 0 Å². The van der Waals surface area contributed by atoms with E-state index in [4.69, 9.17) is 10.5 Å². The number of rotatable bonds is 4. The molecule has 0 unspecified atom stereocenters. The Morgan fingerprint density at radius 2 is 2.35 bits per heavy atom. The summed E-state index contributed by atoms with van der Waals surface area (Å²) in [7, 11) is 0. The smallest absolute Gasteiger partial charge is 0.271 e. The van der Waals surface area contributed by atoms with Gasteiger partial charge in [0.2, 0.25) is 0 Å². The average Bonchev–Trinajstić information content (AvgIpc) is 2.38. The summed E-state index contributed by atoms with van der Waals surface area (Å²) in [4.78, 5) is 15.1. The second-order valence-electron chi connectivity index (χ2n) is 4.11. The van der Waals surface area contributed by atoms with Gasteiger partial charge in [-0.05, 0) is 43.4 Å². The normalized spacial score (nSPS) is 15.2. The van der Waals surface area contributed by atoms with E-state index < -0.39 is 5.91 Å². The lowest BCUT2D eigenvalue weighted by atomic mass is 10.0. The fourth-order valence-corrected chi connectivity index (χ4v) is 1.90. The molecule has 4 nitrogen and oxygen atoms in total. The summed E-state index contributed by atoms with van der Waals surface area (Å²) in [6, 6.07) is 3.45. The van der Waals surface area contributed by atoms with Gasteiger partial charge in [0.05, 0.1) is 0 Å². The zero-order valence-electron chi connectivity index (χ0n) is 9.69. The predicted octanol–water partition coefficient (Wildman–Crippen LogP) is 2.06. The lowest BCUT2D eigenvalue weighted by Gasteiger charge is -2.14. The van der Waals surface area contributed by atoms with Crippen LogP contribution >= 0.6 is 0 Å². The molecule has 17 heavy (non-hydrogen) atoms. The number of pyridine rings is 1. The highest BCUT2D eigenvalue weighted by atomic mass is 16.5. The number of hydrogen-bond acceptors (Lipinski definition) is 3. The number of carbonyl (C=O) groups is 1. The Hall–Kier alpha value is -1.84. The molecule has 1 heterocycles. The minimum Gasteiger partial charge on any atom is -0.487 e. The number of allylic oxidation sites excluding steroid dienone is 1. The highest BCUT2D eigenvalue weighted by Crippen LogP contribution is 2.20. The second-order valence-corrected chi connectivity index (χ2v) is 4.11. The maximum Gasteiger partial charge on any atom is 0.271 e. The molecule has 0 saturated heterocycles. The number of carbonyl (C=O) groups excluding carboxylic acids is 1. The first-order chi connectivity index (χ1) is 8.27. The summed E-state index contributed by atoms with van der Waals surface area (Å²) in [6.45, 7) is 0.520. The first-order valence-corrected chi connectivity index (χ1v) is 5.83. The summed E-state index contributed by atoms with van der Waals surface area (Å²) >= 11 is 0. The molecule has 1 amide bonds. The van der Waals surface area contributed by atoms with E-state index in [1.807, 2.05) is 0 Å². The maximum atomic E-state index is 11.1. The van der Waals surface area contributed by atoms with Crippen LogP contribution in [0.4, 0.5) is 0 Å². The number of nitrogens with two attached hydrogens (primary N) is 1. The van der Waals surface area contributed by atoms with Crippen LogP contribution in [0.15, 0.2) is 30.0 Å². The highest BCUT2D eigenvalue weighted by Gasteiger charge is 2.11. The Labute approximate surface area is 100 Å². The molecule has 0 bridgehead atoms. The Morgan fingerprint density at radius 3 is 3.06 bits per heavy atom. The zero-order valence-corrected chi connectivity index (χ0v) is 9.69. The van der Waals surface area contributed by atoms with Crippen molar-refractivity contribution in [1.82, 2.24) is 4.98 Å². The van der Waals surface area contributed by atoms with Crippen LogP contribution in [-0.4, -0.2) is 17.5 Å². The third-order valence-corrected chi connectivity index (χ3v) is 2.80. The quantitative estimate of drug-likeness (QED) is 0.808. The molecule has 0 saturated carbocycles. The van der Waals surface area contributed by atoms with E-state index in [0.717, 1.165) is 12.8 Å². The van der Waals surface area contributed by atoms with Crippen LogP contribution in [0.5, 0.6) is 5.75 Å². The Bertz CT molecular complexity index is 441. The van der Waals surface area contributed by atoms with Crippen molar-refractivity contribution in [2.24, 2.45) is 5.73 Å². The molecule has 1 aromatic heterocycles. The van der Waals surface area contributed by atoms with Crippen molar-refractivity contribution >= 4 is 5.91 Å². The molecule has 1 aliphatic carbocycles. The first-order valence-electron chi connectivity index (χ1n) is 5.83. The molecule has 1 aromatic rings. The molecule has 0 atom stereocenters. The monoisotopic (exact) mass is 232 g/mol. The Morgan fingerprint density at radius 1 is 1.47 bits per heavy atom. The number of amides is 1. The highest BCUT2D eigenvalue weighted by molar-refractivity contribution is 5.93. The van der Waals surface area contributed by atoms with Gasteiger partial charge in [-0.2, -0.15) is 0 Å². The van der Waals surface area contributed by atoms with Crippen LogP contribution < -0.4 is 10.5 Å². The fraction of sp³-hybridized carbons (Fsp3) is 0.385. The van der Waals surface area contributed by atoms with E-state index in [9.17, 15) is 4.79 Å². The van der Waals surface area contributed by atoms with Crippen LogP contribution in [0.3, 0.4) is 0 Å². The third kappa shape index (κ3) is 3.06. The molecule has 2 N–H and O–H groups in total. The van der Waals surface area contributed by atoms with E-state index in [0.29, 0.717) is 12.4 Å². The second kappa shape index (κ2) is 5.48.